The Morgan fingerprint density at radius 1 is 1.64 bits per heavy atom. The number of nitrogens with zero attached hydrogens (tertiary/aromatic N) is 1. The first kappa shape index (κ1) is 11.1. The number of nitrogens with one attached hydrogen (secondary N) is 2. The van der Waals surface area contributed by atoms with Crippen LogP contribution < -0.4 is 10.6 Å². The Labute approximate surface area is 87.7 Å². The third kappa shape index (κ3) is 2.78. The lowest BCUT2D eigenvalue weighted by Crippen LogP contribution is -2.49. The van der Waals surface area contributed by atoms with Crippen molar-refractivity contribution in [3.05, 3.63) is 11.6 Å². The average Bonchev–Trinajstić information content (AvgIpc) is 2.56. The summed E-state index contributed by atoms with van der Waals surface area (Å²) in [6.45, 7) is 6.43. The van der Waals surface area contributed by atoms with Gasteiger partial charge in [-0.1, -0.05) is 6.92 Å². The van der Waals surface area contributed by atoms with Crippen LogP contribution >= 0.6 is 11.3 Å². The monoisotopic (exact) mass is 213 g/mol. The Morgan fingerprint density at radius 3 is 2.86 bits per heavy atom. The van der Waals surface area contributed by atoms with Gasteiger partial charge in [-0.2, -0.15) is 0 Å². The maximum absolute atomic E-state index is 11.7. The molecule has 0 spiro atoms. The van der Waals surface area contributed by atoms with Gasteiger partial charge in [-0.15, -0.1) is 11.3 Å². The lowest BCUT2D eigenvalue weighted by Gasteiger charge is -2.23. The first-order valence-electron chi connectivity index (χ1n) is 4.52. The van der Waals surface area contributed by atoms with Crippen LogP contribution in [0.5, 0.6) is 0 Å². The van der Waals surface area contributed by atoms with Gasteiger partial charge >= 0.3 is 0 Å². The Hall–Kier alpha value is -0.940. The zero-order valence-corrected chi connectivity index (χ0v) is 9.44. The molecule has 5 heteroatoms. The molecule has 0 saturated carbocycles. The fourth-order valence-corrected chi connectivity index (χ4v) is 1.58. The van der Waals surface area contributed by atoms with Crippen LogP contribution in [0.4, 0.5) is 5.13 Å². The highest BCUT2D eigenvalue weighted by molar-refractivity contribution is 7.13. The van der Waals surface area contributed by atoms with Crippen molar-refractivity contribution in [2.45, 2.75) is 26.3 Å². The summed E-state index contributed by atoms with van der Waals surface area (Å²) in [6.07, 6.45) is 1.67. The molecular formula is C9H15N3OS. The van der Waals surface area contributed by atoms with Crippen molar-refractivity contribution in [2.24, 2.45) is 0 Å². The molecule has 14 heavy (non-hydrogen) atoms. The minimum Gasteiger partial charge on any atom is -0.304 e. The fourth-order valence-electron chi connectivity index (χ4n) is 1.06. The van der Waals surface area contributed by atoms with Gasteiger partial charge in [0.15, 0.2) is 5.13 Å². The van der Waals surface area contributed by atoms with E-state index in [1.165, 1.54) is 11.3 Å². The molecule has 0 unspecified atom stereocenters. The highest BCUT2D eigenvalue weighted by Crippen LogP contribution is 2.13. The van der Waals surface area contributed by atoms with E-state index in [9.17, 15) is 4.79 Å². The first-order valence-corrected chi connectivity index (χ1v) is 5.40. The van der Waals surface area contributed by atoms with Crippen molar-refractivity contribution in [1.82, 2.24) is 10.3 Å². The van der Waals surface area contributed by atoms with Gasteiger partial charge in [0, 0.05) is 11.6 Å². The zero-order valence-electron chi connectivity index (χ0n) is 8.63. The number of hydrogen-bond donors (Lipinski definition) is 2. The largest absolute Gasteiger partial charge is 0.304 e. The third-order valence-corrected chi connectivity index (χ3v) is 2.53. The number of anilines is 1. The molecule has 1 heterocycles. The lowest BCUT2D eigenvalue weighted by atomic mass is 10.1. The standard InChI is InChI=1S/C9H15N3OS/c1-4-11-9(2,3)7(13)12-8-10-5-6-14-8/h5-6,11H,4H2,1-3H3,(H,10,12,13). The van der Waals surface area contributed by atoms with Crippen LogP contribution in [0.15, 0.2) is 11.6 Å². The number of likely N-dealkylation sites (N-methyl/N-ethyl adjacent to an activating group) is 1. The van der Waals surface area contributed by atoms with Crippen molar-refractivity contribution in [2.75, 3.05) is 11.9 Å². The molecule has 0 radical (unpaired) electrons. The summed E-state index contributed by atoms with van der Waals surface area (Å²) in [6, 6.07) is 0. The van der Waals surface area contributed by atoms with Gasteiger partial charge in [0.25, 0.3) is 0 Å². The van der Waals surface area contributed by atoms with Gasteiger partial charge in [-0.25, -0.2) is 4.98 Å². The number of carbonyl (C=O) groups excluding carboxylic acids is 1. The molecule has 0 fully saturated rings. The van der Waals surface area contributed by atoms with Crippen LogP contribution in [0.1, 0.15) is 20.8 Å². The minimum absolute atomic E-state index is 0.0608. The number of amides is 1. The fraction of sp³-hybridized carbons (Fsp3) is 0.556. The quantitative estimate of drug-likeness (QED) is 0.796. The molecule has 1 rings (SSSR count). The summed E-state index contributed by atoms with van der Waals surface area (Å²) in [5.41, 5.74) is -0.555. The summed E-state index contributed by atoms with van der Waals surface area (Å²) in [4.78, 5) is 15.7. The molecule has 1 aromatic heterocycles. The van der Waals surface area contributed by atoms with E-state index in [0.29, 0.717) is 5.13 Å². The van der Waals surface area contributed by atoms with Crippen molar-refractivity contribution in [1.29, 1.82) is 0 Å². The maximum Gasteiger partial charge on any atom is 0.245 e. The van der Waals surface area contributed by atoms with Crippen LogP contribution in [0.3, 0.4) is 0 Å². The topological polar surface area (TPSA) is 54.0 Å². The van der Waals surface area contributed by atoms with Crippen LogP contribution in [0, 0.1) is 0 Å². The molecule has 0 saturated heterocycles. The highest BCUT2D eigenvalue weighted by atomic mass is 32.1. The molecule has 78 valence electrons. The van der Waals surface area contributed by atoms with E-state index < -0.39 is 5.54 Å². The number of rotatable bonds is 4. The third-order valence-electron chi connectivity index (χ3n) is 1.84. The van der Waals surface area contributed by atoms with E-state index in [1.807, 2.05) is 26.2 Å². The zero-order chi connectivity index (χ0) is 10.6. The van der Waals surface area contributed by atoms with Crippen LogP contribution in [-0.4, -0.2) is 23.0 Å². The minimum atomic E-state index is -0.555. The van der Waals surface area contributed by atoms with E-state index in [4.69, 9.17) is 0 Å². The molecule has 2 N–H and O–H groups in total. The van der Waals surface area contributed by atoms with Crippen LogP contribution in [-0.2, 0) is 4.79 Å². The molecular weight excluding hydrogens is 198 g/mol. The Balaban J connectivity index is 2.57. The summed E-state index contributed by atoms with van der Waals surface area (Å²) in [7, 11) is 0. The number of hydrogen-bond acceptors (Lipinski definition) is 4. The molecule has 4 nitrogen and oxygen atoms in total. The second-order valence-electron chi connectivity index (χ2n) is 3.45. The number of carbonyl (C=O) groups is 1. The lowest BCUT2D eigenvalue weighted by molar-refractivity contribution is -0.121. The molecule has 0 aliphatic carbocycles. The van der Waals surface area contributed by atoms with Crippen molar-refractivity contribution in [3.63, 3.8) is 0 Å². The molecule has 0 aliphatic heterocycles. The predicted octanol–water partition coefficient (Wildman–Crippen LogP) is 1.47. The van der Waals surface area contributed by atoms with Crippen LogP contribution in [0.25, 0.3) is 0 Å². The summed E-state index contributed by atoms with van der Waals surface area (Å²) >= 11 is 1.41. The van der Waals surface area contributed by atoms with E-state index in [0.717, 1.165) is 6.54 Å². The van der Waals surface area contributed by atoms with E-state index in [-0.39, 0.29) is 5.91 Å². The smallest absolute Gasteiger partial charge is 0.245 e. The number of aromatic nitrogens is 1. The van der Waals surface area contributed by atoms with E-state index in [1.54, 1.807) is 6.20 Å². The van der Waals surface area contributed by atoms with E-state index >= 15 is 0 Å². The molecule has 0 bridgehead atoms. The van der Waals surface area contributed by atoms with Gasteiger partial charge in [-0.3, -0.25) is 4.79 Å². The van der Waals surface area contributed by atoms with Gasteiger partial charge < -0.3 is 10.6 Å². The molecule has 0 aromatic carbocycles. The maximum atomic E-state index is 11.7. The van der Waals surface area contributed by atoms with Gasteiger partial charge in [0.2, 0.25) is 5.91 Å². The molecule has 1 aromatic rings. The van der Waals surface area contributed by atoms with Crippen molar-refractivity contribution >= 4 is 22.4 Å². The first-order chi connectivity index (χ1) is 6.56. The van der Waals surface area contributed by atoms with Gasteiger partial charge in [-0.05, 0) is 20.4 Å². The van der Waals surface area contributed by atoms with Crippen molar-refractivity contribution < 1.29 is 4.79 Å². The summed E-state index contributed by atoms with van der Waals surface area (Å²) in [5.74, 6) is -0.0608. The second kappa shape index (κ2) is 4.52. The van der Waals surface area contributed by atoms with Crippen LogP contribution in [0.2, 0.25) is 0 Å². The Kier molecular flexibility index (Phi) is 3.60. The molecule has 0 aliphatic rings. The van der Waals surface area contributed by atoms with E-state index in [2.05, 4.69) is 15.6 Å². The summed E-state index contributed by atoms with van der Waals surface area (Å²) in [5, 5.41) is 8.32. The normalized spacial score (nSPS) is 11.4. The molecule has 0 atom stereocenters. The average molecular weight is 213 g/mol. The second-order valence-corrected chi connectivity index (χ2v) is 4.34. The Morgan fingerprint density at radius 2 is 2.36 bits per heavy atom. The molecule has 1 amide bonds. The van der Waals surface area contributed by atoms with Gasteiger partial charge in [0.05, 0.1) is 5.54 Å². The summed E-state index contributed by atoms with van der Waals surface area (Å²) < 4.78 is 0. The number of thiazole rings is 1. The van der Waals surface area contributed by atoms with Crippen molar-refractivity contribution in [3.8, 4) is 0 Å². The highest BCUT2D eigenvalue weighted by Gasteiger charge is 2.26. The van der Waals surface area contributed by atoms with Gasteiger partial charge in [0.1, 0.15) is 0 Å². The predicted molar refractivity (Wildman–Crippen MR) is 58.5 cm³/mol. The Bertz CT molecular complexity index is 295. The SMILES string of the molecule is CCNC(C)(C)C(=O)Nc1nccs1.